The first-order chi connectivity index (χ1) is 38.0. The molecular weight excluding hydrogens is 949 g/mol. The van der Waals surface area contributed by atoms with Crippen LogP contribution in [-0.2, 0) is 28.6 Å². The van der Waals surface area contributed by atoms with E-state index in [1.807, 2.05) is 0 Å². The SMILES string of the molecule is CC/C=C\C/C=C\C/C=C\C/C=C\C/C=C\C/C=C\CCCCCCC(=O)OCC(COC(=O)CCCCCCC/C=C\CCCCCCCC)OC(=O)CCCCCCC/C=C\C/C=C\C/C=C\C/C=C\C/C=C\CC. The first-order valence-corrected chi connectivity index (χ1v) is 31.3. The quantitative estimate of drug-likeness (QED) is 0.0261. The highest BCUT2D eigenvalue weighted by molar-refractivity contribution is 5.71. The maximum Gasteiger partial charge on any atom is 0.306 e. The van der Waals surface area contributed by atoms with Gasteiger partial charge in [-0.2, -0.15) is 0 Å². The second kappa shape index (κ2) is 63.8. The number of carbonyl (C=O) groups is 3. The molecule has 0 rings (SSSR count). The van der Waals surface area contributed by atoms with Gasteiger partial charge in [-0.1, -0.05) is 250 Å². The standard InChI is InChI=1S/C71H114O6/c1-4-7-10-13-16-19-22-25-28-30-32-34-35-37-38-40-43-46-49-52-55-58-61-64-70(73)76-67-68(66-75-69(72)63-60-57-54-51-48-45-42-27-24-21-18-15-12-9-6-3)77-71(74)65-62-59-56-53-50-47-44-41-39-36-33-31-29-26-23-20-17-14-11-8-5-2/h7-8,10-11,16-17,19-20,25-29,32-34,36-38,41-44,46,68H,4-6,9,12-15,18,21-24,30-31,35,39-40,45,47-67H2,1-3H3/b10-7-,11-8-,19-16-,20-17-,28-25-,29-26-,34-32-,36-33-,38-37-,42-27-,44-41-,46-43-. The van der Waals surface area contributed by atoms with Crippen molar-refractivity contribution >= 4 is 17.9 Å². The molecular formula is C71H114O6. The lowest BCUT2D eigenvalue weighted by Crippen LogP contribution is -2.30. The average Bonchev–Trinajstić information content (AvgIpc) is 3.43. The molecule has 0 heterocycles. The van der Waals surface area contributed by atoms with Crippen LogP contribution in [0.2, 0.25) is 0 Å². The van der Waals surface area contributed by atoms with Gasteiger partial charge < -0.3 is 14.2 Å². The largest absolute Gasteiger partial charge is 0.462 e. The smallest absolute Gasteiger partial charge is 0.306 e. The Kier molecular flexibility index (Phi) is 59.9. The van der Waals surface area contributed by atoms with Crippen LogP contribution in [0.25, 0.3) is 0 Å². The summed E-state index contributed by atoms with van der Waals surface area (Å²) in [5, 5.41) is 0. The van der Waals surface area contributed by atoms with E-state index in [9.17, 15) is 14.4 Å². The molecule has 0 bridgehead atoms. The average molecular weight is 1060 g/mol. The number of carbonyl (C=O) groups excluding carboxylic acids is 3. The zero-order chi connectivity index (χ0) is 55.7. The Morgan fingerprint density at radius 1 is 0.273 bits per heavy atom. The van der Waals surface area contributed by atoms with E-state index < -0.39 is 6.10 Å². The number of hydrogen-bond donors (Lipinski definition) is 0. The van der Waals surface area contributed by atoms with E-state index in [4.69, 9.17) is 14.2 Å². The molecule has 77 heavy (non-hydrogen) atoms. The van der Waals surface area contributed by atoms with E-state index in [1.54, 1.807) is 0 Å². The fourth-order valence-electron chi connectivity index (χ4n) is 8.17. The van der Waals surface area contributed by atoms with Crippen LogP contribution >= 0.6 is 0 Å². The van der Waals surface area contributed by atoms with Crippen LogP contribution in [0.15, 0.2) is 146 Å². The number of allylic oxidation sites excluding steroid dienone is 24. The molecule has 6 heteroatoms. The molecule has 0 saturated carbocycles. The van der Waals surface area contributed by atoms with E-state index in [-0.39, 0.29) is 31.1 Å². The van der Waals surface area contributed by atoms with Gasteiger partial charge in [0.25, 0.3) is 0 Å². The Hall–Kier alpha value is -4.71. The van der Waals surface area contributed by atoms with Crippen molar-refractivity contribution in [2.24, 2.45) is 0 Å². The van der Waals surface area contributed by atoms with Crippen LogP contribution in [0.5, 0.6) is 0 Å². The van der Waals surface area contributed by atoms with Gasteiger partial charge in [0.05, 0.1) is 0 Å². The van der Waals surface area contributed by atoms with Gasteiger partial charge in [-0.15, -0.1) is 0 Å². The molecule has 0 aromatic carbocycles. The molecule has 0 fully saturated rings. The molecule has 0 N–H and O–H groups in total. The van der Waals surface area contributed by atoms with Crippen molar-refractivity contribution in [1.82, 2.24) is 0 Å². The van der Waals surface area contributed by atoms with Gasteiger partial charge in [0.15, 0.2) is 6.10 Å². The first-order valence-electron chi connectivity index (χ1n) is 31.3. The highest BCUT2D eigenvalue weighted by Gasteiger charge is 2.19. The minimum absolute atomic E-state index is 0.104. The van der Waals surface area contributed by atoms with Gasteiger partial charge in [-0.3, -0.25) is 14.4 Å². The molecule has 0 saturated heterocycles. The maximum atomic E-state index is 12.9. The van der Waals surface area contributed by atoms with Gasteiger partial charge in [0, 0.05) is 19.3 Å². The highest BCUT2D eigenvalue weighted by Crippen LogP contribution is 2.14. The van der Waals surface area contributed by atoms with Crippen molar-refractivity contribution in [2.75, 3.05) is 13.2 Å². The van der Waals surface area contributed by atoms with Crippen LogP contribution in [-0.4, -0.2) is 37.2 Å². The summed E-state index contributed by atoms with van der Waals surface area (Å²) in [6.45, 7) is 6.36. The van der Waals surface area contributed by atoms with Crippen molar-refractivity contribution in [2.45, 2.75) is 271 Å². The Bertz CT molecular complexity index is 1700. The molecule has 0 radical (unpaired) electrons. The normalized spacial score (nSPS) is 13.1. The summed E-state index contributed by atoms with van der Waals surface area (Å²) in [6, 6.07) is 0. The van der Waals surface area contributed by atoms with E-state index >= 15 is 0 Å². The monoisotopic (exact) mass is 1060 g/mol. The summed E-state index contributed by atoms with van der Waals surface area (Å²) in [5.41, 5.74) is 0. The fraction of sp³-hybridized carbons (Fsp3) is 0.620. The van der Waals surface area contributed by atoms with Crippen LogP contribution in [0.4, 0.5) is 0 Å². The highest BCUT2D eigenvalue weighted by atomic mass is 16.6. The lowest BCUT2D eigenvalue weighted by molar-refractivity contribution is -0.167. The number of rotatable bonds is 55. The van der Waals surface area contributed by atoms with Crippen LogP contribution < -0.4 is 0 Å². The number of unbranched alkanes of at least 4 members (excludes halogenated alkanes) is 20. The minimum Gasteiger partial charge on any atom is -0.462 e. The molecule has 6 nitrogen and oxygen atoms in total. The van der Waals surface area contributed by atoms with Crippen molar-refractivity contribution in [3.63, 3.8) is 0 Å². The zero-order valence-corrected chi connectivity index (χ0v) is 49.7. The summed E-state index contributed by atoms with van der Waals surface area (Å²) in [6.07, 6.45) is 91.2. The van der Waals surface area contributed by atoms with Crippen LogP contribution in [0.1, 0.15) is 265 Å². The van der Waals surface area contributed by atoms with Crippen LogP contribution in [0.3, 0.4) is 0 Å². The predicted octanol–water partition coefficient (Wildman–Crippen LogP) is 21.5. The molecule has 1 unspecified atom stereocenters. The van der Waals surface area contributed by atoms with Crippen molar-refractivity contribution in [3.05, 3.63) is 146 Å². The molecule has 0 aliphatic carbocycles. The Labute approximate surface area is 474 Å². The van der Waals surface area contributed by atoms with Gasteiger partial charge in [0.2, 0.25) is 0 Å². The van der Waals surface area contributed by atoms with Crippen molar-refractivity contribution in [3.8, 4) is 0 Å². The molecule has 1 atom stereocenters. The molecule has 0 aliphatic rings. The minimum atomic E-state index is -0.811. The van der Waals surface area contributed by atoms with Gasteiger partial charge in [0.1, 0.15) is 13.2 Å². The third-order valence-corrected chi connectivity index (χ3v) is 12.8. The molecule has 0 aliphatic heterocycles. The first kappa shape index (κ1) is 72.3. The summed E-state index contributed by atoms with van der Waals surface area (Å²) in [4.78, 5) is 38.3. The zero-order valence-electron chi connectivity index (χ0n) is 49.7. The number of esters is 3. The molecule has 0 aromatic rings. The Morgan fingerprint density at radius 3 is 0.805 bits per heavy atom. The predicted molar refractivity (Wildman–Crippen MR) is 334 cm³/mol. The van der Waals surface area contributed by atoms with Crippen molar-refractivity contribution < 1.29 is 28.6 Å². The van der Waals surface area contributed by atoms with E-state index in [0.29, 0.717) is 19.3 Å². The van der Waals surface area contributed by atoms with Crippen molar-refractivity contribution in [1.29, 1.82) is 0 Å². The Morgan fingerprint density at radius 2 is 0.506 bits per heavy atom. The Balaban J connectivity index is 4.51. The lowest BCUT2D eigenvalue weighted by Gasteiger charge is -2.18. The second-order valence-electron chi connectivity index (χ2n) is 20.2. The third kappa shape index (κ3) is 62.0. The topological polar surface area (TPSA) is 78.9 Å². The van der Waals surface area contributed by atoms with Gasteiger partial charge in [-0.05, 0) is 141 Å². The van der Waals surface area contributed by atoms with E-state index in [2.05, 4.69) is 167 Å². The molecule has 0 aromatic heterocycles. The van der Waals surface area contributed by atoms with E-state index in [0.717, 1.165) is 173 Å². The van der Waals surface area contributed by atoms with E-state index in [1.165, 1.54) is 51.4 Å². The summed E-state index contributed by atoms with van der Waals surface area (Å²) < 4.78 is 16.9. The summed E-state index contributed by atoms with van der Waals surface area (Å²) >= 11 is 0. The number of hydrogen-bond acceptors (Lipinski definition) is 6. The van der Waals surface area contributed by atoms with Crippen LogP contribution in [0, 0.1) is 0 Å². The molecule has 434 valence electrons. The third-order valence-electron chi connectivity index (χ3n) is 12.8. The van der Waals surface area contributed by atoms with Gasteiger partial charge >= 0.3 is 17.9 Å². The summed E-state index contributed by atoms with van der Waals surface area (Å²) in [5.74, 6) is -0.958. The lowest BCUT2D eigenvalue weighted by atomic mass is 10.1. The fourth-order valence-corrected chi connectivity index (χ4v) is 8.17. The van der Waals surface area contributed by atoms with Gasteiger partial charge in [-0.25, -0.2) is 0 Å². The second-order valence-corrected chi connectivity index (χ2v) is 20.2. The molecule has 0 amide bonds. The maximum absolute atomic E-state index is 12.9. The summed E-state index contributed by atoms with van der Waals surface area (Å²) in [7, 11) is 0. The molecule has 0 spiro atoms. The number of ether oxygens (including phenoxy) is 3.